The minimum Gasteiger partial charge on any atom is -0.481 e. The molecule has 0 fully saturated rings. The highest BCUT2D eigenvalue weighted by molar-refractivity contribution is 5.96. The molecule has 172 valence electrons. The van der Waals surface area contributed by atoms with Crippen LogP contribution < -0.4 is 21.9 Å². The highest BCUT2D eigenvalue weighted by atomic mass is 16.4. The Kier molecular flexibility index (Phi) is 6.81. The van der Waals surface area contributed by atoms with Crippen molar-refractivity contribution in [3.63, 3.8) is 0 Å². The fourth-order valence-corrected chi connectivity index (χ4v) is 2.93. The van der Waals surface area contributed by atoms with Gasteiger partial charge < -0.3 is 26.6 Å². The van der Waals surface area contributed by atoms with Crippen LogP contribution in [0.1, 0.15) is 28.9 Å². The lowest BCUT2D eigenvalue weighted by Gasteiger charge is -2.14. The summed E-state index contributed by atoms with van der Waals surface area (Å²) in [6, 6.07) is 4.88. The molecule has 0 saturated heterocycles. The van der Waals surface area contributed by atoms with Crippen molar-refractivity contribution in [3.05, 3.63) is 52.1 Å². The number of aryl methyl sites for hydroxylation is 1. The van der Waals surface area contributed by atoms with E-state index in [4.69, 9.17) is 15.9 Å². The van der Waals surface area contributed by atoms with Gasteiger partial charge in [-0.25, -0.2) is 14.8 Å². The maximum Gasteiger partial charge on any atom is 0.326 e. The third kappa shape index (κ3) is 5.58. The number of nitrogens with two attached hydrogens (primary N) is 1. The van der Waals surface area contributed by atoms with Crippen LogP contribution in [0.3, 0.4) is 0 Å². The van der Waals surface area contributed by atoms with Crippen molar-refractivity contribution in [1.82, 2.24) is 24.8 Å². The molecule has 3 aromatic rings. The van der Waals surface area contributed by atoms with E-state index in [0.29, 0.717) is 17.0 Å². The number of anilines is 2. The molecule has 6 N–H and O–H groups in total. The van der Waals surface area contributed by atoms with Gasteiger partial charge in [0.2, 0.25) is 5.95 Å². The Morgan fingerprint density at radius 3 is 2.48 bits per heavy atom. The molecule has 2 aromatic heterocycles. The number of hydrogen-bond acceptors (Lipinski definition) is 9. The van der Waals surface area contributed by atoms with Crippen LogP contribution >= 0.6 is 0 Å². The van der Waals surface area contributed by atoms with E-state index in [-0.39, 0.29) is 36.4 Å². The smallest absolute Gasteiger partial charge is 0.326 e. The average molecular weight is 455 g/mol. The van der Waals surface area contributed by atoms with E-state index < -0.39 is 29.4 Å². The second-order valence-electron chi connectivity index (χ2n) is 7.10. The Bertz CT molecular complexity index is 1270. The van der Waals surface area contributed by atoms with Crippen molar-refractivity contribution in [2.75, 3.05) is 11.1 Å². The number of hydrogen-bond donors (Lipinski definition) is 5. The van der Waals surface area contributed by atoms with Gasteiger partial charge in [-0.1, -0.05) is 0 Å². The van der Waals surface area contributed by atoms with Crippen LogP contribution in [0.4, 0.5) is 11.6 Å². The number of carbonyl (C=O) groups is 3. The van der Waals surface area contributed by atoms with Gasteiger partial charge in [0, 0.05) is 24.7 Å². The van der Waals surface area contributed by atoms with Crippen LogP contribution in [0.15, 0.2) is 35.3 Å². The van der Waals surface area contributed by atoms with Crippen LogP contribution in [0.5, 0.6) is 0 Å². The Hall–Kier alpha value is -4.55. The third-order valence-corrected chi connectivity index (χ3v) is 4.75. The molecular weight excluding hydrogens is 434 g/mol. The van der Waals surface area contributed by atoms with Crippen LogP contribution in [0.2, 0.25) is 0 Å². The van der Waals surface area contributed by atoms with Gasteiger partial charge >= 0.3 is 17.5 Å². The number of nitrogens with one attached hydrogen (secondary N) is 2. The Balaban J connectivity index is 1.65. The van der Waals surface area contributed by atoms with E-state index in [1.54, 1.807) is 19.2 Å². The second-order valence-corrected chi connectivity index (χ2v) is 7.10. The number of carboxylic acid groups (broad SMARTS) is 2. The summed E-state index contributed by atoms with van der Waals surface area (Å²) < 4.78 is 1.46. The first-order valence-corrected chi connectivity index (χ1v) is 9.73. The molecule has 33 heavy (non-hydrogen) atoms. The number of aliphatic carboxylic acids is 2. The number of nitrogens with zero attached hydrogens (tertiary/aromatic N) is 4. The fourth-order valence-electron chi connectivity index (χ4n) is 2.93. The number of aromatic nitrogens is 4. The molecule has 0 saturated carbocycles. The summed E-state index contributed by atoms with van der Waals surface area (Å²) in [7, 11) is 1.62. The maximum absolute atomic E-state index is 12.3. The summed E-state index contributed by atoms with van der Waals surface area (Å²) in [5, 5.41) is 23.2. The van der Waals surface area contributed by atoms with E-state index in [2.05, 4.69) is 25.6 Å². The van der Waals surface area contributed by atoms with Gasteiger partial charge in [-0.3, -0.25) is 19.0 Å². The minimum atomic E-state index is -1.31. The molecule has 0 aliphatic rings. The van der Waals surface area contributed by atoms with Crippen LogP contribution in [-0.2, 0) is 23.2 Å². The van der Waals surface area contributed by atoms with Gasteiger partial charge in [0.1, 0.15) is 6.04 Å². The van der Waals surface area contributed by atoms with Crippen molar-refractivity contribution in [2.45, 2.75) is 25.4 Å². The van der Waals surface area contributed by atoms with Crippen molar-refractivity contribution in [1.29, 1.82) is 0 Å². The first kappa shape index (κ1) is 23.1. The highest BCUT2D eigenvalue weighted by Crippen LogP contribution is 2.13. The molecule has 2 heterocycles. The summed E-state index contributed by atoms with van der Waals surface area (Å²) >= 11 is 0. The van der Waals surface area contributed by atoms with Gasteiger partial charge in [0.25, 0.3) is 5.91 Å². The minimum absolute atomic E-state index is 0.0355. The first-order chi connectivity index (χ1) is 15.7. The summed E-state index contributed by atoms with van der Waals surface area (Å²) in [5.41, 5.74) is 6.81. The van der Waals surface area contributed by atoms with E-state index in [0.717, 1.165) is 0 Å². The van der Waals surface area contributed by atoms with E-state index in [1.165, 1.54) is 22.9 Å². The number of rotatable bonds is 9. The highest BCUT2D eigenvalue weighted by Gasteiger charge is 2.21. The Morgan fingerprint density at radius 2 is 1.85 bits per heavy atom. The monoisotopic (exact) mass is 455 g/mol. The van der Waals surface area contributed by atoms with Crippen molar-refractivity contribution in [2.24, 2.45) is 7.05 Å². The number of amides is 1. The Morgan fingerprint density at radius 1 is 1.15 bits per heavy atom. The van der Waals surface area contributed by atoms with Gasteiger partial charge in [-0.15, -0.1) is 0 Å². The molecule has 13 heteroatoms. The summed E-state index contributed by atoms with van der Waals surface area (Å²) in [6.45, 7) is 0.234. The molecule has 0 spiro atoms. The molecule has 0 bridgehead atoms. The zero-order valence-corrected chi connectivity index (χ0v) is 17.5. The van der Waals surface area contributed by atoms with Gasteiger partial charge in [-0.2, -0.15) is 4.98 Å². The van der Waals surface area contributed by atoms with Crippen LogP contribution in [-0.4, -0.2) is 53.6 Å². The second kappa shape index (κ2) is 9.72. The topological polar surface area (TPSA) is 202 Å². The zero-order valence-electron chi connectivity index (χ0n) is 17.5. The predicted octanol–water partition coefficient (Wildman–Crippen LogP) is -0.0344. The maximum atomic E-state index is 12.3. The summed E-state index contributed by atoms with van der Waals surface area (Å²) in [4.78, 5) is 58.4. The number of carbonyl (C=O) groups excluding carboxylic acids is 1. The fraction of sp³-hybridized carbons (Fsp3) is 0.250. The molecule has 1 atom stereocenters. The number of carboxylic acids is 2. The van der Waals surface area contributed by atoms with Gasteiger partial charge in [0.15, 0.2) is 11.2 Å². The lowest BCUT2D eigenvalue weighted by atomic mass is 10.1. The van der Waals surface area contributed by atoms with E-state index in [9.17, 15) is 19.2 Å². The summed E-state index contributed by atoms with van der Waals surface area (Å²) in [5.74, 6) is -3.06. The van der Waals surface area contributed by atoms with Gasteiger partial charge in [-0.05, 0) is 30.7 Å². The Labute approximate surface area is 186 Å². The van der Waals surface area contributed by atoms with Crippen molar-refractivity contribution in [3.8, 4) is 0 Å². The molecule has 13 nitrogen and oxygen atoms in total. The zero-order chi connectivity index (χ0) is 24.1. The molecule has 0 radical (unpaired) electrons. The molecule has 1 aromatic carbocycles. The number of fused-ring (bicyclic) bond motifs is 1. The number of nitrogen functional groups attached to an aromatic ring is 1. The largest absolute Gasteiger partial charge is 0.481 e. The summed E-state index contributed by atoms with van der Waals surface area (Å²) in [6.07, 6.45) is 0.889. The van der Waals surface area contributed by atoms with Crippen LogP contribution in [0.25, 0.3) is 11.2 Å². The van der Waals surface area contributed by atoms with E-state index >= 15 is 0 Å². The molecule has 3 rings (SSSR count). The van der Waals surface area contributed by atoms with Crippen LogP contribution in [0, 0.1) is 0 Å². The van der Waals surface area contributed by atoms with Crippen molar-refractivity contribution >= 4 is 40.6 Å². The van der Waals surface area contributed by atoms with Crippen molar-refractivity contribution < 1.29 is 24.6 Å². The normalized spacial score (nSPS) is 11.7. The third-order valence-electron chi connectivity index (χ3n) is 4.75. The lowest BCUT2D eigenvalue weighted by molar-refractivity contribution is -0.140. The standard InChI is InChI=1S/C20H21N7O6/c1-27-16-15(18(31)26-20(27)21)24-12(9-23-16)8-22-11-4-2-10(3-5-11)17(30)25-13(19(32)33)6-7-14(28)29/h2-5,9,13,22H,6-8H2,1H3,(H,25,30)(H,28,29)(H,32,33)(H2,21,26,31)/t13-/m0/s1. The first-order valence-electron chi connectivity index (χ1n) is 9.73. The lowest BCUT2D eigenvalue weighted by Crippen LogP contribution is -2.41. The molecule has 0 aliphatic carbocycles. The SMILES string of the molecule is Cn1c(N)nc(=O)c2nc(CNc3ccc(C(=O)N[C@@H](CCC(=O)O)C(=O)O)cc3)cnc21. The van der Waals surface area contributed by atoms with Gasteiger partial charge in [0.05, 0.1) is 18.4 Å². The molecular formula is C20H21N7O6. The molecule has 1 amide bonds. The molecule has 0 aliphatic heterocycles. The molecule has 0 unspecified atom stereocenters. The average Bonchev–Trinajstić information content (AvgIpc) is 2.78. The predicted molar refractivity (Wildman–Crippen MR) is 117 cm³/mol. The van der Waals surface area contributed by atoms with E-state index in [1.807, 2.05) is 0 Å². The quantitative estimate of drug-likeness (QED) is 0.290. The number of benzene rings is 1.